The Balaban J connectivity index is 1.19. The summed E-state index contributed by atoms with van der Waals surface area (Å²) < 4.78 is 80.1. The van der Waals surface area contributed by atoms with Crippen molar-refractivity contribution in [3.63, 3.8) is 0 Å². The number of carbonyl (C=O) groups excluding carboxylic acids is 2. The quantitative estimate of drug-likeness (QED) is 0.111. The van der Waals surface area contributed by atoms with Crippen molar-refractivity contribution in [2.45, 2.75) is 282 Å². The maximum absolute atomic E-state index is 14.9. The monoisotopic (exact) mass is 1120 g/mol. The fourth-order valence-corrected chi connectivity index (χ4v) is 14.9. The molecule has 15 nitrogen and oxygen atoms in total. The topological polar surface area (TPSA) is 165 Å². The Kier molecular flexibility index (Phi) is 19.5. The molecular formula is C60H100O15Si2. The second-order valence-electron chi connectivity index (χ2n) is 27.0. The summed E-state index contributed by atoms with van der Waals surface area (Å²) >= 11 is 0. The van der Waals surface area contributed by atoms with Gasteiger partial charge in [-0.1, -0.05) is 100.0 Å². The molecular weight excluding hydrogens is 1020 g/mol. The highest BCUT2D eigenvalue weighted by molar-refractivity contribution is 6.74. The Morgan fingerprint density at radius 3 is 1.99 bits per heavy atom. The molecule has 5 fully saturated rings. The molecule has 438 valence electrons. The molecule has 0 amide bonds. The SMILES string of the molecule is CCC(C)C1OC2(CCC1C)CC1CC(CC=C(C)C(OC3CC(OC)C(OC4CC(OC)C(O[Si](C)(C)C(C)(C)C)C(C)O4)C(C)O3)C(C)C=CC=C3C(=O)OC4C(O[Si](C)(C)C(C)(C)C)C(C)=CC(C(=O)O1)C34O)O2. The number of fused-ring (bicyclic) bond motifs is 2. The zero-order valence-corrected chi connectivity index (χ0v) is 52.6. The van der Waals surface area contributed by atoms with E-state index >= 15 is 0 Å². The van der Waals surface area contributed by atoms with Crippen LogP contribution in [0.15, 0.2) is 47.1 Å². The van der Waals surface area contributed by atoms with Crippen molar-refractivity contribution in [3.8, 4) is 0 Å². The highest BCUT2D eigenvalue weighted by atomic mass is 28.4. The van der Waals surface area contributed by atoms with Gasteiger partial charge in [0.1, 0.15) is 24.2 Å². The van der Waals surface area contributed by atoms with Crippen molar-refractivity contribution in [2.75, 3.05) is 14.2 Å². The lowest BCUT2D eigenvalue weighted by molar-refractivity contribution is -0.340. The molecule has 0 aromatic heterocycles. The van der Waals surface area contributed by atoms with E-state index in [1.165, 1.54) is 0 Å². The third kappa shape index (κ3) is 13.2. The van der Waals surface area contributed by atoms with E-state index in [4.69, 9.17) is 56.2 Å². The summed E-state index contributed by atoms with van der Waals surface area (Å²) in [6, 6.07) is 0. The summed E-state index contributed by atoms with van der Waals surface area (Å²) in [5, 5.41) is 13.1. The number of esters is 2. The van der Waals surface area contributed by atoms with E-state index in [9.17, 15) is 14.7 Å². The third-order valence-electron chi connectivity index (χ3n) is 19.3. The van der Waals surface area contributed by atoms with Gasteiger partial charge in [0.05, 0.1) is 54.4 Å². The van der Waals surface area contributed by atoms with Gasteiger partial charge >= 0.3 is 11.9 Å². The molecule has 1 N–H and O–H groups in total. The molecule has 1 spiro atoms. The largest absolute Gasteiger partial charge is 0.462 e. The molecule has 0 saturated carbocycles. The molecule has 0 aromatic rings. The van der Waals surface area contributed by atoms with E-state index in [0.29, 0.717) is 50.0 Å². The maximum atomic E-state index is 14.9. The first kappa shape index (κ1) is 62.5. The van der Waals surface area contributed by atoms with Crippen molar-refractivity contribution >= 4 is 28.6 Å². The predicted octanol–water partition coefficient (Wildman–Crippen LogP) is 11.2. The van der Waals surface area contributed by atoms with Gasteiger partial charge in [-0.05, 0) is 106 Å². The van der Waals surface area contributed by atoms with Crippen LogP contribution in [0.2, 0.25) is 36.3 Å². The molecule has 2 bridgehead atoms. The molecule has 7 rings (SSSR count). The molecule has 1 aliphatic carbocycles. The Hall–Kier alpha value is -2.11. The zero-order chi connectivity index (χ0) is 57.0. The summed E-state index contributed by atoms with van der Waals surface area (Å²) in [5.41, 5.74) is -0.500. The first-order valence-electron chi connectivity index (χ1n) is 29.0. The van der Waals surface area contributed by atoms with Crippen molar-refractivity contribution in [2.24, 2.45) is 23.7 Å². The molecule has 0 radical (unpaired) electrons. The van der Waals surface area contributed by atoms with Gasteiger partial charge in [0.15, 0.2) is 46.7 Å². The minimum Gasteiger partial charge on any atom is -0.462 e. The number of aliphatic hydroxyl groups is 1. The lowest BCUT2D eigenvalue weighted by Gasteiger charge is -2.51. The summed E-state index contributed by atoms with van der Waals surface area (Å²) in [6.07, 6.45) is 6.94. The third-order valence-corrected chi connectivity index (χ3v) is 28.2. The van der Waals surface area contributed by atoms with Crippen molar-refractivity contribution in [1.29, 1.82) is 0 Å². The van der Waals surface area contributed by atoms with Crippen LogP contribution in [-0.2, 0) is 65.8 Å². The van der Waals surface area contributed by atoms with Crippen LogP contribution < -0.4 is 0 Å². The van der Waals surface area contributed by atoms with Crippen LogP contribution in [-0.4, -0.2) is 145 Å². The molecule has 20 atom stereocenters. The van der Waals surface area contributed by atoms with Crippen LogP contribution in [0.1, 0.15) is 148 Å². The van der Waals surface area contributed by atoms with Gasteiger partial charge in [-0.15, -0.1) is 0 Å². The summed E-state index contributed by atoms with van der Waals surface area (Å²) in [7, 11) is -1.23. The Labute approximate surface area is 464 Å². The average Bonchev–Trinajstić information content (AvgIpc) is 3.60. The Bertz CT molecular complexity index is 2190. The first-order chi connectivity index (χ1) is 35.8. The van der Waals surface area contributed by atoms with Crippen LogP contribution in [0.3, 0.4) is 0 Å². The second kappa shape index (κ2) is 24.0. The number of carbonyl (C=O) groups is 2. The maximum Gasteiger partial charge on any atom is 0.337 e. The van der Waals surface area contributed by atoms with Gasteiger partial charge in [0.25, 0.3) is 0 Å². The van der Waals surface area contributed by atoms with Gasteiger partial charge < -0.3 is 61.3 Å². The van der Waals surface area contributed by atoms with Gasteiger partial charge in [-0.25, -0.2) is 4.79 Å². The van der Waals surface area contributed by atoms with Crippen LogP contribution in [0.5, 0.6) is 0 Å². The number of methoxy groups -OCH3 is 2. The van der Waals surface area contributed by atoms with Gasteiger partial charge in [-0.3, -0.25) is 4.79 Å². The number of allylic oxidation sites excluding steroid dienone is 2. The highest BCUT2D eigenvalue weighted by Gasteiger charge is 2.65. The predicted molar refractivity (Wildman–Crippen MR) is 300 cm³/mol. The minimum absolute atomic E-state index is 0.0255. The van der Waals surface area contributed by atoms with Crippen LogP contribution in [0.4, 0.5) is 0 Å². The van der Waals surface area contributed by atoms with E-state index in [-0.39, 0.29) is 58.0 Å². The van der Waals surface area contributed by atoms with Gasteiger partial charge in [-0.2, -0.15) is 0 Å². The van der Waals surface area contributed by atoms with Crippen LogP contribution >= 0.6 is 0 Å². The summed E-state index contributed by atoms with van der Waals surface area (Å²) in [4.78, 5) is 29.2. The summed E-state index contributed by atoms with van der Waals surface area (Å²) in [6.45, 7) is 38.5. The summed E-state index contributed by atoms with van der Waals surface area (Å²) in [5.74, 6) is -3.28. The minimum atomic E-state index is -2.51. The molecule has 17 heteroatoms. The smallest absolute Gasteiger partial charge is 0.337 e. The van der Waals surface area contributed by atoms with Crippen LogP contribution in [0.25, 0.3) is 0 Å². The molecule has 0 aromatic carbocycles. The fraction of sp³-hybridized carbons (Fsp3) is 0.833. The molecule has 5 saturated heterocycles. The lowest BCUT2D eigenvalue weighted by Crippen LogP contribution is -2.60. The van der Waals surface area contributed by atoms with Gasteiger partial charge in [0.2, 0.25) is 0 Å². The standard InChI is InChI=1S/C60H100O15Si2/c1-21-34(2)50-37(5)27-28-59(73-50)33-42-30-41(72-59)26-25-36(4)49(69-47-31-45(64-15)52(39(7)66-47)70-48-32-46(65-16)53(40(8)67-48)75-77(19,20)58(12,13)14)35(3)23-22-24-43-55(61)71-54-51(74-76(17,18)57(9,10)11)38(6)29-44(56(62)68-42)60(43,54)63/h22-25,29,34-35,37,39-42,44-54,63H,21,26-28,30-33H2,1-20H3. The Morgan fingerprint density at radius 2 is 1.38 bits per heavy atom. The number of rotatable bonds is 12. The molecule has 20 unspecified atom stereocenters. The number of ether oxygens (including phenoxy) is 10. The van der Waals surface area contributed by atoms with E-state index < -0.39 is 101 Å². The number of hydrogen-bond acceptors (Lipinski definition) is 15. The van der Waals surface area contributed by atoms with Gasteiger partial charge in [0, 0.05) is 52.2 Å². The fourth-order valence-electron chi connectivity index (χ4n) is 12.2. The first-order valence-corrected chi connectivity index (χ1v) is 34.9. The highest BCUT2D eigenvalue weighted by Crippen LogP contribution is 2.51. The van der Waals surface area contributed by atoms with Crippen molar-refractivity contribution < 1.29 is 70.9 Å². The molecule has 6 heterocycles. The van der Waals surface area contributed by atoms with E-state index in [1.54, 1.807) is 32.4 Å². The number of hydrogen-bond donors (Lipinski definition) is 1. The van der Waals surface area contributed by atoms with Crippen molar-refractivity contribution in [3.05, 3.63) is 47.1 Å². The van der Waals surface area contributed by atoms with E-state index in [1.807, 2.05) is 26.8 Å². The lowest BCUT2D eigenvalue weighted by atomic mass is 9.70. The van der Waals surface area contributed by atoms with E-state index in [2.05, 4.69) is 108 Å². The van der Waals surface area contributed by atoms with Crippen LogP contribution in [0, 0.1) is 23.7 Å². The molecule has 77 heavy (non-hydrogen) atoms. The molecule has 7 aliphatic rings. The molecule has 6 aliphatic heterocycles. The normalized spacial score (nSPS) is 41.2. The second-order valence-corrected chi connectivity index (χ2v) is 36.6. The van der Waals surface area contributed by atoms with E-state index in [0.717, 1.165) is 18.4 Å². The zero-order valence-electron chi connectivity index (χ0n) is 50.6. The Morgan fingerprint density at radius 1 is 0.779 bits per heavy atom. The average molecular weight is 1120 g/mol. The van der Waals surface area contributed by atoms with Crippen molar-refractivity contribution in [1.82, 2.24) is 0 Å².